The zero-order valence-corrected chi connectivity index (χ0v) is 12.7. The molecule has 6 nitrogen and oxygen atoms in total. The highest BCUT2D eigenvalue weighted by Gasteiger charge is 2.09. The molecule has 108 valence electrons. The van der Waals surface area contributed by atoms with Gasteiger partial charge in [-0.3, -0.25) is 4.98 Å². The van der Waals surface area contributed by atoms with Crippen LogP contribution in [0.4, 0.5) is 17.1 Å². The number of ether oxygens (including phenoxy) is 1. The fourth-order valence-corrected chi connectivity index (χ4v) is 2.34. The minimum Gasteiger partial charge on any atom is -0.497 e. The predicted octanol–water partition coefficient (Wildman–Crippen LogP) is 3.22. The van der Waals surface area contributed by atoms with Gasteiger partial charge in [0, 0.05) is 16.6 Å². The van der Waals surface area contributed by atoms with Crippen LogP contribution in [0.2, 0.25) is 0 Å². The molecule has 21 heavy (non-hydrogen) atoms. The first-order valence-corrected chi connectivity index (χ1v) is 6.89. The standard InChI is InChI=1S/C14H12BrN3O3/c1-20-7-2-3-8(15)10(4-7)17-11-6-12-13(5-9(11)16)21-14(19)18-12/h2-6,17H,16H2,1H3,(H,18,19). The molecule has 1 heterocycles. The van der Waals surface area contributed by atoms with Crippen LogP contribution in [0.25, 0.3) is 11.1 Å². The fraction of sp³-hybridized carbons (Fsp3) is 0.0714. The fourth-order valence-electron chi connectivity index (χ4n) is 1.99. The Labute approximate surface area is 128 Å². The van der Waals surface area contributed by atoms with Gasteiger partial charge >= 0.3 is 5.76 Å². The monoisotopic (exact) mass is 349 g/mol. The number of aromatic nitrogens is 1. The maximum Gasteiger partial charge on any atom is 0.417 e. The predicted molar refractivity (Wildman–Crippen MR) is 85.2 cm³/mol. The molecule has 2 aromatic carbocycles. The first kappa shape index (κ1) is 13.6. The van der Waals surface area contributed by atoms with Gasteiger partial charge < -0.3 is 20.2 Å². The summed E-state index contributed by atoms with van der Waals surface area (Å²) in [5, 5.41) is 3.20. The van der Waals surface area contributed by atoms with E-state index in [1.54, 1.807) is 19.2 Å². The van der Waals surface area contributed by atoms with Gasteiger partial charge in [-0.25, -0.2) is 4.79 Å². The van der Waals surface area contributed by atoms with E-state index in [0.29, 0.717) is 22.5 Å². The number of aromatic amines is 1. The lowest BCUT2D eigenvalue weighted by atomic mass is 10.2. The summed E-state index contributed by atoms with van der Waals surface area (Å²) in [6.45, 7) is 0. The Morgan fingerprint density at radius 2 is 2.10 bits per heavy atom. The van der Waals surface area contributed by atoms with Gasteiger partial charge in [0.25, 0.3) is 0 Å². The number of anilines is 3. The van der Waals surface area contributed by atoms with E-state index in [-0.39, 0.29) is 0 Å². The zero-order chi connectivity index (χ0) is 15.0. The van der Waals surface area contributed by atoms with Crippen molar-refractivity contribution in [2.24, 2.45) is 0 Å². The summed E-state index contributed by atoms with van der Waals surface area (Å²) in [4.78, 5) is 13.8. The molecule has 0 unspecified atom stereocenters. The Hall–Kier alpha value is -2.41. The van der Waals surface area contributed by atoms with Gasteiger partial charge in [-0.1, -0.05) is 0 Å². The molecule has 0 saturated carbocycles. The topological polar surface area (TPSA) is 93.3 Å². The lowest BCUT2D eigenvalue weighted by Crippen LogP contribution is -1.98. The van der Waals surface area contributed by atoms with Gasteiger partial charge in [0.1, 0.15) is 5.75 Å². The third kappa shape index (κ3) is 2.59. The van der Waals surface area contributed by atoms with E-state index in [9.17, 15) is 4.79 Å². The maximum atomic E-state index is 11.2. The van der Waals surface area contributed by atoms with Crippen LogP contribution in [0.5, 0.6) is 5.75 Å². The first-order chi connectivity index (χ1) is 10.1. The summed E-state index contributed by atoms with van der Waals surface area (Å²) in [6.07, 6.45) is 0. The summed E-state index contributed by atoms with van der Waals surface area (Å²) < 4.78 is 11.0. The highest BCUT2D eigenvalue weighted by Crippen LogP contribution is 2.33. The Morgan fingerprint density at radius 1 is 1.29 bits per heavy atom. The molecule has 0 spiro atoms. The summed E-state index contributed by atoms with van der Waals surface area (Å²) in [5.41, 5.74) is 8.91. The normalized spacial score (nSPS) is 10.8. The summed E-state index contributed by atoms with van der Waals surface area (Å²) in [5.74, 6) is 0.209. The molecule has 0 aliphatic heterocycles. The largest absolute Gasteiger partial charge is 0.497 e. The molecule has 0 radical (unpaired) electrons. The van der Waals surface area contributed by atoms with Crippen molar-refractivity contribution in [1.82, 2.24) is 4.98 Å². The second-order valence-corrected chi connectivity index (χ2v) is 5.28. The zero-order valence-electron chi connectivity index (χ0n) is 11.1. The first-order valence-electron chi connectivity index (χ1n) is 6.10. The molecule has 7 heteroatoms. The number of H-pyrrole nitrogens is 1. The lowest BCUT2D eigenvalue weighted by molar-refractivity contribution is 0.415. The quantitative estimate of drug-likeness (QED) is 0.631. The van der Waals surface area contributed by atoms with Gasteiger partial charge in [-0.2, -0.15) is 0 Å². The number of hydrogen-bond acceptors (Lipinski definition) is 5. The summed E-state index contributed by atoms with van der Waals surface area (Å²) in [7, 11) is 1.60. The van der Waals surface area contributed by atoms with E-state index in [0.717, 1.165) is 15.9 Å². The van der Waals surface area contributed by atoms with Crippen LogP contribution in [-0.4, -0.2) is 12.1 Å². The summed E-state index contributed by atoms with van der Waals surface area (Å²) in [6, 6.07) is 8.88. The lowest BCUT2D eigenvalue weighted by Gasteiger charge is -2.12. The minimum absolute atomic E-state index is 0.424. The van der Waals surface area contributed by atoms with Crippen molar-refractivity contribution in [2.75, 3.05) is 18.2 Å². The third-order valence-corrected chi connectivity index (χ3v) is 3.73. The smallest absolute Gasteiger partial charge is 0.417 e. The maximum absolute atomic E-state index is 11.2. The number of nitrogens with one attached hydrogen (secondary N) is 2. The molecular formula is C14H12BrN3O3. The van der Waals surface area contributed by atoms with Gasteiger partial charge in [0.15, 0.2) is 5.58 Å². The molecule has 4 N–H and O–H groups in total. The van der Waals surface area contributed by atoms with E-state index >= 15 is 0 Å². The van der Waals surface area contributed by atoms with Gasteiger partial charge in [-0.15, -0.1) is 0 Å². The average Bonchev–Trinajstić information content (AvgIpc) is 2.80. The Bertz CT molecular complexity index is 870. The molecule has 0 aliphatic carbocycles. The Balaban J connectivity index is 2.04. The van der Waals surface area contributed by atoms with E-state index in [1.165, 1.54) is 0 Å². The molecule has 0 bridgehead atoms. The molecule has 0 saturated heterocycles. The molecule has 0 fully saturated rings. The number of rotatable bonds is 3. The van der Waals surface area contributed by atoms with Crippen molar-refractivity contribution < 1.29 is 9.15 Å². The molecule has 0 aliphatic rings. The molecule has 0 atom stereocenters. The van der Waals surface area contributed by atoms with Crippen molar-refractivity contribution in [2.45, 2.75) is 0 Å². The number of methoxy groups -OCH3 is 1. The SMILES string of the molecule is COc1ccc(Br)c(Nc2cc3[nH]c(=O)oc3cc2N)c1. The van der Waals surface area contributed by atoms with Crippen LogP contribution in [-0.2, 0) is 0 Å². The number of fused-ring (bicyclic) bond motifs is 1. The van der Waals surface area contributed by atoms with Gasteiger partial charge in [-0.05, 0) is 34.1 Å². The number of nitrogen functional groups attached to an aromatic ring is 1. The summed E-state index contributed by atoms with van der Waals surface area (Å²) >= 11 is 3.46. The van der Waals surface area contributed by atoms with Crippen LogP contribution < -0.4 is 21.5 Å². The third-order valence-electron chi connectivity index (χ3n) is 3.03. The highest BCUT2D eigenvalue weighted by atomic mass is 79.9. The second kappa shape index (κ2) is 5.17. The van der Waals surface area contributed by atoms with Crippen molar-refractivity contribution in [1.29, 1.82) is 0 Å². The van der Waals surface area contributed by atoms with Gasteiger partial charge in [0.2, 0.25) is 0 Å². The van der Waals surface area contributed by atoms with Crippen LogP contribution in [0.3, 0.4) is 0 Å². The van der Waals surface area contributed by atoms with Crippen molar-refractivity contribution in [3.05, 3.63) is 45.4 Å². The number of oxazole rings is 1. The van der Waals surface area contributed by atoms with Crippen molar-refractivity contribution in [3.63, 3.8) is 0 Å². The number of nitrogens with two attached hydrogens (primary N) is 1. The second-order valence-electron chi connectivity index (χ2n) is 4.42. The number of benzene rings is 2. The average molecular weight is 350 g/mol. The molecule has 3 aromatic rings. The molecule has 3 rings (SSSR count). The van der Waals surface area contributed by atoms with E-state index in [2.05, 4.69) is 26.2 Å². The van der Waals surface area contributed by atoms with Crippen LogP contribution >= 0.6 is 15.9 Å². The molecule has 0 amide bonds. The highest BCUT2D eigenvalue weighted by molar-refractivity contribution is 9.10. The van der Waals surface area contributed by atoms with Crippen LogP contribution in [0.1, 0.15) is 0 Å². The minimum atomic E-state index is -0.510. The Morgan fingerprint density at radius 3 is 2.86 bits per heavy atom. The van der Waals surface area contributed by atoms with Crippen molar-refractivity contribution in [3.8, 4) is 5.75 Å². The van der Waals surface area contributed by atoms with E-state index < -0.39 is 5.76 Å². The van der Waals surface area contributed by atoms with Crippen molar-refractivity contribution >= 4 is 44.1 Å². The van der Waals surface area contributed by atoms with E-state index in [4.69, 9.17) is 14.9 Å². The Kier molecular flexibility index (Phi) is 3.34. The van der Waals surface area contributed by atoms with Crippen LogP contribution in [0, 0.1) is 0 Å². The number of hydrogen-bond donors (Lipinski definition) is 3. The molecule has 1 aromatic heterocycles. The number of halogens is 1. The van der Waals surface area contributed by atoms with E-state index in [1.807, 2.05) is 18.2 Å². The van der Waals surface area contributed by atoms with Crippen LogP contribution in [0.15, 0.2) is 44.0 Å². The van der Waals surface area contributed by atoms with Gasteiger partial charge in [0.05, 0.1) is 29.7 Å². The molecular weight excluding hydrogens is 338 g/mol.